The number of rotatable bonds is 3. The molecule has 0 aliphatic carbocycles. The molecule has 10 nitrogen and oxygen atoms in total. The highest BCUT2D eigenvalue weighted by Crippen LogP contribution is 2.45. The van der Waals surface area contributed by atoms with Crippen molar-refractivity contribution in [3.8, 4) is 23.0 Å². The van der Waals surface area contributed by atoms with Gasteiger partial charge in [0.25, 0.3) is 0 Å². The molecule has 0 bridgehead atoms. The summed E-state index contributed by atoms with van der Waals surface area (Å²) in [5, 5.41) is 35.9. The van der Waals surface area contributed by atoms with Crippen molar-refractivity contribution in [2.45, 2.75) is 0 Å². The second-order valence-electron chi connectivity index (χ2n) is 4.01. The van der Waals surface area contributed by atoms with Crippen molar-refractivity contribution >= 4 is 29.2 Å². The van der Waals surface area contributed by atoms with Gasteiger partial charge in [-0.05, 0) is 12.1 Å². The van der Waals surface area contributed by atoms with Crippen LogP contribution in [0.1, 0.15) is 0 Å². The lowest BCUT2D eigenvalue weighted by Crippen LogP contribution is -2.08. The molecule has 23 heavy (non-hydrogen) atoms. The van der Waals surface area contributed by atoms with Gasteiger partial charge >= 0.3 is 18.5 Å². The first-order chi connectivity index (χ1) is 10.8. The number of hydrogen-bond donors (Lipinski definition) is 4. The number of carboxylic acid groups (broad SMARTS) is 3. The normalized spacial score (nSPS) is 10.1. The summed E-state index contributed by atoms with van der Waals surface area (Å²) in [7, 11) is 0. The van der Waals surface area contributed by atoms with E-state index in [-0.39, 0.29) is 16.5 Å². The van der Waals surface area contributed by atoms with Crippen LogP contribution in [0, 0.1) is 0 Å². The van der Waals surface area contributed by atoms with Gasteiger partial charge in [0.1, 0.15) is 5.75 Å². The molecule has 0 aliphatic rings. The Morgan fingerprint density at radius 2 is 1.35 bits per heavy atom. The fraction of sp³-hybridized carbons (Fsp3) is 0. The van der Waals surface area contributed by atoms with Crippen molar-refractivity contribution in [1.29, 1.82) is 0 Å². The smallest absolute Gasteiger partial charge is 0.502 e. The van der Waals surface area contributed by atoms with Gasteiger partial charge in [0.15, 0.2) is 11.5 Å². The monoisotopic (exact) mass is 324 g/mol. The van der Waals surface area contributed by atoms with Crippen LogP contribution < -0.4 is 14.2 Å². The average Bonchev–Trinajstić information content (AvgIpc) is 2.42. The van der Waals surface area contributed by atoms with Gasteiger partial charge in [0, 0.05) is 10.8 Å². The summed E-state index contributed by atoms with van der Waals surface area (Å²) >= 11 is 0. The molecule has 2 aromatic carbocycles. The van der Waals surface area contributed by atoms with Crippen LogP contribution in [0.3, 0.4) is 0 Å². The molecule has 0 atom stereocenters. The maximum Gasteiger partial charge on any atom is 0.511 e. The molecule has 0 fully saturated rings. The number of fused-ring (bicyclic) bond motifs is 1. The van der Waals surface area contributed by atoms with E-state index in [2.05, 4.69) is 14.2 Å². The molecule has 10 heteroatoms. The summed E-state index contributed by atoms with van der Waals surface area (Å²) in [5.41, 5.74) is 0. The fourth-order valence-electron chi connectivity index (χ4n) is 1.88. The zero-order valence-electron chi connectivity index (χ0n) is 11.0. The van der Waals surface area contributed by atoms with E-state index in [0.29, 0.717) is 0 Å². The number of benzene rings is 2. The predicted octanol–water partition coefficient (Wildman–Crippen LogP) is 2.72. The highest BCUT2D eigenvalue weighted by Gasteiger charge is 2.22. The lowest BCUT2D eigenvalue weighted by molar-refractivity contribution is 0.139. The Morgan fingerprint density at radius 1 is 0.783 bits per heavy atom. The molecule has 120 valence electrons. The van der Waals surface area contributed by atoms with Gasteiger partial charge in [0.2, 0.25) is 5.75 Å². The van der Waals surface area contributed by atoms with E-state index in [9.17, 15) is 19.5 Å². The van der Waals surface area contributed by atoms with E-state index in [0.717, 1.165) is 6.07 Å². The van der Waals surface area contributed by atoms with Crippen LogP contribution in [0.25, 0.3) is 10.8 Å². The van der Waals surface area contributed by atoms with E-state index < -0.39 is 35.7 Å². The highest BCUT2D eigenvalue weighted by molar-refractivity contribution is 5.99. The van der Waals surface area contributed by atoms with Crippen molar-refractivity contribution in [2.75, 3.05) is 0 Å². The third-order valence-corrected chi connectivity index (χ3v) is 2.62. The first kappa shape index (κ1) is 15.7. The minimum absolute atomic E-state index is 0.0265. The van der Waals surface area contributed by atoms with Gasteiger partial charge in [-0.15, -0.1) is 0 Å². The van der Waals surface area contributed by atoms with E-state index in [1.165, 1.54) is 18.2 Å². The summed E-state index contributed by atoms with van der Waals surface area (Å²) in [5.74, 6) is -2.39. The lowest BCUT2D eigenvalue weighted by atomic mass is 10.1. The van der Waals surface area contributed by atoms with Crippen LogP contribution in [0.2, 0.25) is 0 Å². The molecular formula is C13H8O10. The van der Waals surface area contributed by atoms with Crippen LogP contribution in [0.15, 0.2) is 24.3 Å². The van der Waals surface area contributed by atoms with Gasteiger partial charge < -0.3 is 34.6 Å². The van der Waals surface area contributed by atoms with E-state index in [4.69, 9.17) is 15.3 Å². The summed E-state index contributed by atoms with van der Waals surface area (Å²) in [6, 6.07) is 4.85. The van der Waals surface area contributed by atoms with Crippen molar-refractivity contribution in [3.05, 3.63) is 24.3 Å². The maximum absolute atomic E-state index is 10.7. The van der Waals surface area contributed by atoms with Gasteiger partial charge in [0.05, 0.1) is 0 Å². The molecule has 2 aromatic rings. The minimum atomic E-state index is -1.78. The summed E-state index contributed by atoms with van der Waals surface area (Å²) in [6.07, 6.45) is -5.21. The summed E-state index contributed by atoms with van der Waals surface area (Å²) in [6.45, 7) is 0. The Bertz CT molecular complexity index is 810. The van der Waals surface area contributed by atoms with Crippen molar-refractivity contribution in [3.63, 3.8) is 0 Å². The number of ether oxygens (including phenoxy) is 3. The van der Waals surface area contributed by atoms with E-state index in [1.807, 2.05) is 0 Å². The third kappa shape index (κ3) is 3.32. The number of phenolic OH excluding ortho intramolecular Hbond substituents is 1. The SMILES string of the molecule is O=C(O)Oc1cc2c(OC(=O)O)cccc2c(OC(=O)O)c1O. The fourth-order valence-corrected chi connectivity index (χ4v) is 1.88. The first-order valence-electron chi connectivity index (χ1n) is 5.80. The molecule has 0 heterocycles. The van der Waals surface area contributed by atoms with Crippen molar-refractivity contribution in [1.82, 2.24) is 0 Å². The minimum Gasteiger partial charge on any atom is -0.502 e. The lowest BCUT2D eigenvalue weighted by Gasteiger charge is -2.13. The molecule has 0 aliphatic heterocycles. The second-order valence-corrected chi connectivity index (χ2v) is 4.01. The Hall–Kier alpha value is -3.69. The van der Waals surface area contributed by atoms with Gasteiger partial charge in [-0.2, -0.15) is 0 Å². The molecule has 4 N–H and O–H groups in total. The van der Waals surface area contributed by atoms with Crippen LogP contribution in [0.4, 0.5) is 14.4 Å². The van der Waals surface area contributed by atoms with Crippen LogP contribution >= 0.6 is 0 Å². The topological polar surface area (TPSA) is 160 Å². The van der Waals surface area contributed by atoms with Crippen molar-refractivity contribution in [2.24, 2.45) is 0 Å². The molecular weight excluding hydrogens is 316 g/mol. The number of aromatic hydroxyl groups is 1. The summed E-state index contributed by atoms with van der Waals surface area (Å²) < 4.78 is 13.3. The van der Waals surface area contributed by atoms with Crippen LogP contribution in [0.5, 0.6) is 23.0 Å². The Morgan fingerprint density at radius 3 is 1.91 bits per heavy atom. The largest absolute Gasteiger partial charge is 0.511 e. The molecule has 0 spiro atoms. The second kappa shape index (κ2) is 5.97. The van der Waals surface area contributed by atoms with Gasteiger partial charge in [-0.25, -0.2) is 14.4 Å². The zero-order chi connectivity index (χ0) is 17.1. The molecule has 0 amide bonds. The average molecular weight is 324 g/mol. The number of phenols is 1. The quantitative estimate of drug-likeness (QED) is 0.488. The van der Waals surface area contributed by atoms with Gasteiger partial charge in [-0.3, -0.25) is 0 Å². The highest BCUT2D eigenvalue weighted by atomic mass is 16.7. The molecule has 0 unspecified atom stereocenters. The van der Waals surface area contributed by atoms with E-state index >= 15 is 0 Å². The molecule has 0 radical (unpaired) electrons. The third-order valence-electron chi connectivity index (χ3n) is 2.62. The zero-order valence-corrected chi connectivity index (χ0v) is 11.0. The predicted molar refractivity (Wildman–Crippen MR) is 71.6 cm³/mol. The first-order valence-corrected chi connectivity index (χ1v) is 5.80. The van der Waals surface area contributed by atoms with E-state index in [1.54, 1.807) is 0 Å². The van der Waals surface area contributed by atoms with Crippen molar-refractivity contribution < 1.29 is 49.0 Å². The Balaban J connectivity index is 2.77. The Labute approximate surface area is 126 Å². The van der Waals surface area contributed by atoms with Gasteiger partial charge in [-0.1, -0.05) is 12.1 Å². The van der Waals surface area contributed by atoms with Crippen LogP contribution in [-0.2, 0) is 0 Å². The maximum atomic E-state index is 10.7. The standard InChI is InChI=1S/C13H8O10/c14-9-8(22-12(17)18)4-6-5(10(9)23-13(19)20)2-1-3-7(6)21-11(15)16/h1-4,14H,(H,15,16)(H,17,18)(H,19,20). The molecule has 0 aromatic heterocycles. The molecule has 0 saturated carbocycles. The Kier molecular flexibility index (Phi) is 4.07. The summed E-state index contributed by atoms with van der Waals surface area (Å²) in [4.78, 5) is 32.1. The molecule has 2 rings (SSSR count). The number of carbonyl (C=O) groups is 3. The molecule has 0 saturated heterocycles. The van der Waals surface area contributed by atoms with Crippen LogP contribution in [-0.4, -0.2) is 38.9 Å². The number of hydrogen-bond acceptors (Lipinski definition) is 7.